The van der Waals surface area contributed by atoms with Crippen molar-refractivity contribution in [2.75, 3.05) is 0 Å². The van der Waals surface area contributed by atoms with Gasteiger partial charge in [0.25, 0.3) is 0 Å². The number of carbonyl (C=O) groups is 1. The van der Waals surface area contributed by atoms with Crippen molar-refractivity contribution in [1.82, 2.24) is 0 Å². The molecule has 0 bridgehead atoms. The topological polar surface area (TPSA) is 38.7 Å². The Kier molecular flexibility index (Phi) is 5.82. The molecule has 136 valence electrons. The second-order valence-electron chi connectivity index (χ2n) is 6.70. The van der Waals surface area contributed by atoms with Crippen LogP contribution in [0.5, 0.6) is 11.5 Å². The lowest BCUT2D eigenvalue weighted by Gasteiger charge is -2.12. The summed E-state index contributed by atoms with van der Waals surface area (Å²) in [6.45, 7) is 5.94. The van der Waals surface area contributed by atoms with Crippen LogP contribution in [0.15, 0.2) is 77.8 Å². The van der Waals surface area contributed by atoms with Crippen LogP contribution in [0.25, 0.3) is 0 Å². The van der Waals surface area contributed by atoms with Crippen molar-refractivity contribution in [3.63, 3.8) is 0 Å². The van der Waals surface area contributed by atoms with Crippen LogP contribution in [-0.4, -0.2) is 11.5 Å². The number of aliphatic imine (C=N–C) groups is 1. The van der Waals surface area contributed by atoms with Crippen molar-refractivity contribution in [3.05, 3.63) is 89.5 Å². The maximum atomic E-state index is 11.6. The van der Waals surface area contributed by atoms with E-state index in [-0.39, 0.29) is 5.78 Å². The van der Waals surface area contributed by atoms with Crippen LogP contribution >= 0.6 is 0 Å². The first-order valence-electron chi connectivity index (χ1n) is 8.99. The van der Waals surface area contributed by atoms with E-state index in [4.69, 9.17) is 4.74 Å². The lowest BCUT2D eigenvalue weighted by Crippen LogP contribution is -2.10. The zero-order valence-electron chi connectivity index (χ0n) is 15.9. The minimum absolute atomic E-state index is 0.186. The molecule has 0 fully saturated rings. The summed E-state index contributed by atoms with van der Waals surface area (Å²) in [4.78, 5) is 15.9. The molecule has 0 aromatic heterocycles. The summed E-state index contributed by atoms with van der Waals surface area (Å²) in [5.74, 6) is 1.93. The predicted octanol–water partition coefficient (Wildman–Crippen LogP) is 6.46. The highest BCUT2D eigenvalue weighted by atomic mass is 16.5. The number of ketones is 1. The van der Waals surface area contributed by atoms with Gasteiger partial charge in [0.15, 0.2) is 5.78 Å². The molecular formula is C24H23NO2. The Morgan fingerprint density at radius 2 is 1.41 bits per heavy atom. The molecular weight excluding hydrogens is 334 g/mol. The number of fused-ring (bicyclic) bond motifs is 1. The van der Waals surface area contributed by atoms with Gasteiger partial charge in [-0.05, 0) is 57.2 Å². The Labute approximate surface area is 160 Å². The van der Waals surface area contributed by atoms with Crippen molar-refractivity contribution >= 4 is 17.2 Å². The fraction of sp³-hybridized carbons (Fsp3) is 0.167. The van der Waals surface area contributed by atoms with E-state index in [9.17, 15) is 4.79 Å². The highest BCUT2D eigenvalue weighted by Crippen LogP contribution is 2.26. The van der Waals surface area contributed by atoms with Gasteiger partial charge >= 0.3 is 0 Å². The third kappa shape index (κ3) is 5.14. The predicted molar refractivity (Wildman–Crippen MR) is 111 cm³/mol. The molecule has 0 aliphatic carbocycles. The fourth-order valence-corrected chi connectivity index (χ4v) is 2.77. The van der Waals surface area contributed by atoms with Gasteiger partial charge in [-0.25, -0.2) is 0 Å². The lowest BCUT2D eigenvalue weighted by atomic mass is 9.99. The zero-order chi connectivity index (χ0) is 19.2. The molecule has 3 aromatic rings. The maximum Gasteiger partial charge on any atom is 0.170 e. The SMILES string of the molecule is CC1=Nc2ccc(C)cc2C(=O)C1.Cc1ccc(Oc2ccccc2)cc1. The van der Waals surface area contributed by atoms with Crippen LogP contribution in [0.2, 0.25) is 0 Å². The summed E-state index contributed by atoms with van der Waals surface area (Å²) < 4.78 is 5.63. The Morgan fingerprint density at radius 1 is 0.778 bits per heavy atom. The van der Waals surface area contributed by atoms with Gasteiger partial charge in [0.1, 0.15) is 11.5 Å². The third-order valence-electron chi connectivity index (χ3n) is 4.18. The second kappa shape index (κ2) is 8.45. The fourth-order valence-electron chi connectivity index (χ4n) is 2.77. The van der Waals surface area contributed by atoms with Gasteiger partial charge in [0.2, 0.25) is 0 Å². The van der Waals surface area contributed by atoms with Crippen molar-refractivity contribution in [1.29, 1.82) is 0 Å². The molecule has 3 aromatic carbocycles. The average molecular weight is 357 g/mol. The first kappa shape index (κ1) is 18.6. The number of carbonyl (C=O) groups excluding carboxylic acids is 1. The van der Waals surface area contributed by atoms with Crippen LogP contribution < -0.4 is 4.74 Å². The van der Waals surface area contributed by atoms with E-state index in [0.29, 0.717) is 6.42 Å². The Balaban J connectivity index is 0.000000156. The molecule has 4 rings (SSSR count). The number of nitrogens with zero attached hydrogens (tertiary/aromatic N) is 1. The average Bonchev–Trinajstić information content (AvgIpc) is 2.66. The van der Waals surface area contributed by atoms with Gasteiger partial charge < -0.3 is 4.74 Å². The van der Waals surface area contributed by atoms with E-state index in [1.807, 2.05) is 86.6 Å². The van der Waals surface area contributed by atoms with Gasteiger partial charge in [-0.1, -0.05) is 47.5 Å². The number of para-hydroxylation sites is 1. The van der Waals surface area contributed by atoms with Gasteiger partial charge in [0.05, 0.1) is 5.69 Å². The summed E-state index contributed by atoms with van der Waals surface area (Å²) >= 11 is 0. The molecule has 0 spiro atoms. The molecule has 27 heavy (non-hydrogen) atoms. The lowest BCUT2D eigenvalue weighted by molar-refractivity contribution is 0.0999. The van der Waals surface area contributed by atoms with Crippen LogP contribution in [0.3, 0.4) is 0 Å². The van der Waals surface area contributed by atoms with Gasteiger partial charge in [-0.2, -0.15) is 0 Å². The molecule has 0 radical (unpaired) electrons. The van der Waals surface area contributed by atoms with E-state index in [2.05, 4.69) is 11.9 Å². The molecule has 0 unspecified atom stereocenters. The van der Waals surface area contributed by atoms with Gasteiger partial charge in [0, 0.05) is 17.7 Å². The van der Waals surface area contributed by atoms with E-state index in [1.165, 1.54) is 5.56 Å². The third-order valence-corrected chi connectivity index (χ3v) is 4.18. The van der Waals surface area contributed by atoms with Crippen molar-refractivity contribution in [3.8, 4) is 11.5 Å². The second-order valence-corrected chi connectivity index (χ2v) is 6.70. The Morgan fingerprint density at radius 3 is 2.11 bits per heavy atom. The smallest absolute Gasteiger partial charge is 0.170 e. The first-order valence-corrected chi connectivity index (χ1v) is 8.99. The molecule has 1 heterocycles. The standard InChI is InChI=1S/C13H12O.C11H11NO/c1-11-7-9-13(10-8-11)14-12-5-3-2-4-6-12;1-7-3-4-10-9(5-7)11(13)6-8(2)12-10/h2-10H,1H3;3-5H,6H2,1-2H3. The highest BCUT2D eigenvalue weighted by molar-refractivity contribution is 6.15. The molecule has 0 amide bonds. The van der Waals surface area contributed by atoms with Crippen molar-refractivity contribution < 1.29 is 9.53 Å². The summed E-state index contributed by atoms with van der Waals surface area (Å²) in [7, 11) is 0. The Hall–Kier alpha value is -3.20. The number of rotatable bonds is 2. The van der Waals surface area contributed by atoms with E-state index in [0.717, 1.165) is 34.0 Å². The minimum atomic E-state index is 0.186. The number of Topliss-reactive ketones (excluding diaryl/α,β-unsaturated/α-hetero) is 1. The number of hydrogen-bond donors (Lipinski definition) is 0. The molecule has 0 N–H and O–H groups in total. The van der Waals surface area contributed by atoms with Gasteiger partial charge in [-0.15, -0.1) is 0 Å². The molecule has 3 heteroatoms. The summed E-state index contributed by atoms with van der Waals surface area (Å²) in [6, 6.07) is 23.6. The van der Waals surface area contributed by atoms with Crippen molar-refractivity contribution in [2.24, 2.45) is 4.99 Å². The normalized spacial score (nSPS) is 12.4. The molecule has 0 saturated heterocycles. The number of ether oxygens (including phenoxy) is 1. The molecule has 0 saturated carbocycles. The minimum Gasteiger partial charge on any atom is -0.457 e. The molecule has 0 atom stereocenters. The number of hydrogen-bond acceptors (Lipinski definition) is 3. The first-order chi connectivity index (χ1) is 13.0. The summed E-state index contributed by atoms with van der Waals surface area (Å²) in [5, 5.41) is 0. The quantitative estimate of drug-likeness (QED) is 0.528. The van der Waals surface area contributed by atoms with Crippen LogP contribution in [0.1, 0.15) is 34.8 Å². The molecule has 1 aliphatic heterocycles. The largest absolute Gasteiger partial charge is 0.457 e. The Bertz CT molecular complexity index is 957. The molecule has 1 aliphatic rings. The van der Waals surface area contributed by atoms with Crippen LogP contribution in [-0.2, 0) is 0 Å². The number of benzene rings is 3. The van der Waals surface area contributed by atoms with E-state index < -0.39 is 0 Å². The zero-order valence-corrected chi connectivity index (χ0v) is 15.9. The van der Waals surface area contributed by atoms with E-state index in [1.54, 1.807) is 0 Å². The van der Waals surface area contributed by atoms with Crippen LogP contribution in [0.4, 0.5) is 5.69 Å². The summed E-state index contributed by atoms with van der Waals surface area (Å²) in [5.41, 5.74) is 4.85. The monoisotopic (exact) mass is 357 g/mol. The van der Waals surface area contributed by atoms with Crippen molar-refractivity contribution in [2.45, 2.75) is 27.2 Å². The van der Waals surface area contributed by atoms with Crippen LogP contribution in [0, 0.1) is 13.8 Å². The maximum absolute atomic E-state index is 11.6. The highest BCUT2D eigenvalue weighted by Gasteiger charge is 2.17. The van der Waals surface area contributed by atoms with Gasteiger partial charge in [-0.3, -0.25) is 9.79 Å². The van der Waals surface area contributed by atoms with E-state index >= 15 is 0 Å². The molecule has 3 nitrogen and oxygen atoms in total. The summed E-state index contributed by atoms with van der Waals surface area (Å²) in [6.07, 6.45) is 0.469. The number of aryl methyl sites for hydroxylation is 2.